The molecule has 0 aromatic heterocycles. The van der Waals surface area contributed by atoms with Gasteiger partial charge >= 0.3 is 11.9 Å². The van der Waals surface area contributed by atoms with Gasteiger partial charge in [0.05, 0.1) is 25.2 Å². The standard InChI is InChI=1S/C29H36O8/c1-6-23(30)36-26-25(37-28(31)29(2,3)4)24(34-18-21-15-11-8-12-16-21)22(35-27(26)32-5)19-33-17-20-13-9-7-10-14-20/h6-16,22,24-27H,1,17-19H2,2-5H3/t22-,24-,25+,26+,27+/m1/s1. The van der Waals surface area contributed by atoms with Crippen molar-refractivity contribution < 1.29 is 38.0 Å². The molecule has 0 amide bonds. The first kappa shape index (κ1) is 28.5. The molecule has 0 saturated carbocycles. The van der Waals surface area contributed by atoms with Gasteiger partial charge in [-0.25, -0.2) is 4.79 Å². The van der Waals surface area contributed by atoms with E-state index in [1.807, 2.05) is 60.7 Å². The number of carbonyl (C=O) groups excluding carboxylic acids is 2. The molecule has 8 heteroatoms. The molecule has 0 spiro atoms. The minimum Gasteiger partial charge on any atom is -0.455 e. The van der Waals surface area contributed by atoms with Crippen molar-refractivity contribution in [3.05, 3.63) is 84.4 Å². The minimum absolute atomic E-state index is 0.125. The van der Waals surface area contributed by atoms with Crippen LogP contribution in [0.4, 0.5) is 0 Å². The van der Waals surface area contributed by atoms with Crippen molar-refractivity contribution in [2.45, 2.75) is 64.7 Å². The number of rotatable bonds is 11. The van der Waals surface area contributed by atoms with Gasteiger partial charge < -0.3 is 28.4 Å². The Morgan fingerprint density at radius 1 is 0.892 bits per heavy atom. The topological polar surface area (TPSA) is 89.5 Å². The van der Waals surface area contributed by atoms with Crippen LogP contribution in [0.1, 0.15) is 31.9 Å². The second-order valence-electron chi connectivity index (χ2n) is 9.77. The lowest BCUT2D eigenvalue weighted by Gasteiger charge is -2.45. The van der Waals surface area contributed by atoms with E-state index in [0.29, 0.717) is 6.61 Å². The second-order valence-corrected chi connectivity index (χ2v) is 9.77. The number of methoxy groups -OCH3 is 1. The fourth-order valence-electron chi connectivity index (χ4n) is 3.78. The average molecular weight is 513 g/mol. The summed E-state index contributed by atoms with van der Waals surface area (Å²) in [5.41, 5.74) is 1.11. The summed E-state index contributed by atoms with van der Waals surface area (Å²) in [4.78, 5) is 25.2. The molecule has 0 unspecified atom stereocenters. The molecular formula is C29H36O8. The Bertz CT molecular complexity index is 1000. The summed E-state index contributed by atoms with van der Waals surface area (Å²) in [6.07, 6.45) is -3.62. The zero-order valence-corrected chi connectivity index (χ0v) is 21.8. The summed E-state index contributed by atoms with van der Waals surface area (Å²) in [7, 11) is 1.43. The van der Waals surface area contributed by atoms with E-state index in [2.05, 4.69) is 6.58 Å². The molecule has 8 nitrogen and oxygen atoms in total. The molecule has 0 aliphatic carbocycles. The summed E-state index contributed by atoms with van der Waals surface area (Å²) in [5, 5.41) is 0. The van der Waals surface area contributed by atoms with Crippen LogP contribution in [-0.4, -0.2) is 56.4 Å². The van der Waals surface area contributed by atoms with Crippen LogP contribution in [-0.2, 0) is 51.2 Å². The number of benzene rings is 2. The molecule has 2 aromatic rings. The van der Waals surface area contributed by atoms with E-state index in [1.165, 1.54) is 7.11 Å². The molecule has 1 saturated heterocycles. The predicted octanol–water partition coefficient (Wildman–Crippen LogP) is 4.22. The molecule has 3 rings (SSSR count). The summed E-state index contributed by atoms with van der Waals surface area (Å²) in [6.45, 7) is 9.39. The highest BCUT2D eigenvalue weighted by Gasteiger charge is 2.52. The van der Waals surface area contributed by atoms with E-state index >= 15 is 0 Å². The Kier molecular flexibility index (Phi) is 10.4. The van der Waals surface area contributed by atoms with Gasteiger partial charge in [0.2, 0.25) is 0 Å². The Balaban J connectivity index is 1.89. The van der Waals surface area contributed by atoms with E-state index in [0.717, 1.165) is 17.2 Å². The van der Waals surface area contributed by atoms with E-state index < -0.39 is 48.1 Å². The van der Waals surface area contributed by atoms with Gasteiger partial charge in [-0.1, -0.05) is 67.2 Å². The Morgan fingerprint density at radius 3 is 2.03 bits per heavy atom. The molecule has 0 radical (unpaired) electrons. The van der Waals surface area contributed by atoms with Crippen LogP contribution in [0.15, 0.2) is 73.3 Å². The molecule has 200 valence electrons. The van der Waals surface area contributed by atoms with E-state index in [-0.39, 0.29) is 13.2 Å². The van der Waals surface area contributed by atoms with Crippen molar-refractivity contribution in [3.8, 4) is 0 Å². The number of hydrogen-bond donors (Lipinski definition) is 0. The minimum atomic E-state index is -1.09. The summed E-state index contributed by atoms with van der Waals surface area (Å²) < 4.78 is 35.5. The van der Waals surface area contributed by atoms with Gasteiger partial charge in [0, 0.05) is 13.2 Å². The molecule has 1 aliphatic rings. The highest BCUT2D eigenvalue weighted by molar-refractivity contribution is 5.81. The number of esters is 2. The average Bonchev–Trinajstić information content (AvgIpc) is 2.89. The van der Waals surface area contributed by atoms with Gasteiger partial charge in [0.25, 0.3) is 0 Å². The fraction of sp³-hybridized carbons (Fsp3) is 0.448. The first-order valence-corrected chi connectivity index (χ1v) is 12.2. The molecule has 5 atom stereocenters. The molecule has 1 aliphatic heterocycles. The molecule has 1 heterocycles. The lowest BCUT2D eigenvalue weighted by atomic mass is 9.95. The van der Waals surface area contributed by atoms with E-state index in [1.54, 1.807) is 20.8 Å². The van der Waals surface area contributed by atoms with Gasteiger partial charge in [0.15, 0.2) is 18.5 Å². The van der Waals surface area contributed by atoms with Crippen LogP contribution in [0.25, 0.3) is 0 Å². The quantitative estimate of drug-likeness (QED) is 0.327. The van der Waals surface area contributed by atoms with Crippen LogP contribution >= 0.6 is 0 Å². The Morgan fingerprint density at radius 2 is 1.49 bits per heavy atom. The third-order valence-corrected chi connectivity index (χ3v) is 5.78. The summed E-state index contributed by atoms with van der Waals surface area (Å²) in [5.74, 6) is -1.18. The highest BCUT2D eigenvalue weighted by Crippen LogP contribution is 2.32. The maximum atomic E-state index is 13.0. The number of carbonyl (C=O) groups is 2. The summed E-state index contributed by atoms with van der Waals surface area (Å²) >= 11 is 0. The molecule has 1 fully saturated rings. The molecule has 2 aromatic carbocycles. The van der Waals surface area contributed by atoms with Crippen LogP contribution < -0.4 is 0 Å². The first-order valence-electron chi connectivity index (χ1n) is 12.2. The van der Waals surface area contributed by atoms with Crippen molar-refractivity contribution in [2.24, 2.45) is 5.41 Å². The Hall–Kier alpha value is -3.04. The lowest BCUT2D eigenvalue weighted by Crippen LogP contribution is -2.62. The molecular weight excluding hydrogens is 476 g/mol. The van der Waals surface area contributed by atoms with Crippen molar-refractivity contribution in [2.75, 3.05) is 13.7 Å². The van der Waals surface area contributed by atoms with Crippen molar-refractivity contribution in [1.29, 1.82) is 0 Å². The molecule has 37 heavy (non-hydrogen) atoms. The van der Waals surface area contributed by atoms with Gasteiger partial charge in [0.1, 0.15) is 12.2 Å². The molecule has 0 N–H and O–H groups in total. The van der Waals surface area contributed by atoms with Crippen LogP contribution in [0.2, 0.25) is 0 Å². The predicted molar refractivity (Wildman–Crippen MR) is 136 cm³/mol. The van der Waals surface area contributed by atoms with E-state index in [4.69, 9.17) is 28.4 Å². The first-order chi connectivity index (χ1) is 17.7. The van der Waals surface area contributed by atoms with Gasteiger partial charge in [-0.3, -0.25) is 4.79 Å². The maximum Gasteiger partial charge on any atom is 0.330 e. The van der Waals surface area contributed by atoms with Gasteiger partial charge in [-0.05, 0) is 31.9 Å². The van der Waals surface area contributed by atoms with Crippen LogP contribution in [0.3, 0.4) is 0 Å². The molecule has 0 bridgehead atoms. The SMILES string of the molecule is C=CC(=O)O[C@@H]1[C@@H](OC)O[C@H](COCc2ccccc2)[C@@H](OCc2ccccc2)[C@@H]1OC(=O)C(C)(C)C. The fourth-order valence-corrected chi connectivity index (χ4v) is 3.78. The highest BCUT2D eigenvalue weighted by atomic mass is 16.7. The van der Waals surface area contributed by atoms with Crippen molar-refractivity contribution in [1.82, 2.24) is 0 Å². The largest absolute Gasteiger partial charge is 0.455 e. The van der Waals surface area contributed by atoms with Crippen molar-refractivity contribution >= 4 is 11.9 Å². The smallest absolute Gasteiger partial charge is 0.330 e. The zero-order chi connectivity index (χ0) is 26.8. The maximum absolute atomic E-state index is 13.0. The van der Waals surface area contributed by atoms with Gasteiger partial charge in [-0.2, -0.15) is 0 Å². The van der Waals surface area contributed by atoms with Crippen LogP contribution in [0.5, 0.6) is 0 Å². The summed E-state index contributed by atoms with van der Waals surface area (Å²) in [6, 6.07) is 19.3. The monoisotopic (exact) mass is 512 g/mol. The number of ether oxygens (including phenoxy) is 6. The lowest BCUT2D eigenvalue weighted by molar-refractivity contribution is -0.310. The Labute approximate surface area is 218 Å². The number of hydrogen-bond acceptors (Lipinski definition) is 8. The van der Waals surface area contributed by atoms with E-state index in [9.17, 15) is 9.59 Å². The van der Waals surface area contributed by atoms with Gasteiger partial charge in [-0.15, -0.1) is 0 Å². The zero-order valence-electron chi connectivity index (χ0n) is 21.8. The second kappa shape index (κ2) is 13.5. The third kappa shape index (κ3) is 8.23. The normalized spacial score (nSPS) is 23.7. The third-order valence-electron chi connectivity index (χ3n) is 5.78. The van der Waals surface area contributed by atoms with Crippen LogP contribution in [0, 0.1) is 5.41 Å². The van der Waals surface area contributed by atoms with Crippen molar-refractivity contribution in [3.63, 3.8) is 0 Å².